The second kappa shape index (κ2) is 9.80. The highest BCUT2D eigenvalue weighted by atomic mass is 79.9. The van der Waals surface area contributed by atoms with E-state index in [2.05, 4.69) is 34.7 Å². The van der Waals surface area contributed by atoms with Crippen LogP contribution in [0.5, 0.6) is 11.5 Å². The van der Waals surface area contributed by atoms with Crippen LogP contribution in [0.15, 0.2) is 83.3 Å². The van der Waals surface area contributed by atoms with Crippen molar-refractivity contribution in [2.45, 2.75) is 43.7 Å². The predicted molar refractivity (Wildman–Crippen MR) is 138 cm³/mol. The third kappa shape index (κ3) is 4.98. The van der Waals surface area contributed by atoms with Gasteiger partial charge in [-0.25, -0.2) is 0 Å². The zero-order valence-corrected chi connectivity index (χ0v) is 21.2. The Morgan fingerprint density at radius 3 is 2.06 bits per heavy atom. The second-order valence-electron chi connectivity index (χ2n) is 9.60. The number of rotatable bonds is 9. The van der Waals surface area contributed by atoms with Crippen LogP contribution in [0, 0.1) is 0 Å². The molecule has 34 heavy (non-hydrogen) atoms. The Labute approximate surface area is 209 Å². The molecule has 3 aromatic carbocycles. The molecule has 0 bridgehead atoms. The number of likely N-dealkylation sites (tertiary alicyclic amines) is 1. The van der Waals surface area contributed by atoms with Crippen molar-refractivity contribution in [3.05, 3.63) is 94.5 Å². The minimum absolute atomic E-state index is 0.0529. The Kier molecular flexibility index (Phi) is 7.01. The first-order valence-electron chi connectivity index (χ1n) is 11.5. The van der Waals surface area contributed by atoms with Crippen LogP contribution in [0.4, 0.5) is 0 Å². The summed E-state index contributed by atoms with van der Waals surface area (Å²) in [6.45, 7) is 5.97. The Balaban J connectivity index is 1.49. The van der Waals surface area contributed by atoms with E-state index >= 15 is 0 Å². The number of primary amides is 1. The second-order valence-corrected chi connectivity index (χ2v) is 10.5. The lowest BCUT2D eigenvalue weighted by Gasteiger charge is -2.49. The van der Waals surface area contributed by atoms with E-state index in [4.69, 9.17) is 10.5 Å². The smallest absolute Gasteiger partial charge is 0.232 e. The molecule has 5 nitrogen and oxygen atoms in total. The molecule has 0 saturated carbocycles. The highest BCUT2D eigenvalue weighted by molar-refractivity contribution is 9.10. The summed E-state index contributed by atoms with van der Waals surface area (Å²) in [4.78, 5) is 15.4. The number of carbonyl (C=O) groups excluding carboxylic acids is 1. The van der Waals surface area contributed by atoms with Gasteiger partial charge in [0.25, 0.3) is 0 Å². The van der Waals surface area contributed by atoms with Crippen LogP contribution in [0.2, 0.25) is 0 Å². The van der Waals surface area contributed by atoms with E-state index in [9.17, 15) is 9.90 Å². The number of nitrogens with two attached hydrogens (primary N) is 1. The van der Waals surface area contributed by atoms with Crippen molar-refractivity contribution in [3.8, 4) is 11.5 Å². The van der Waals surface area contributed by atoms with E-state index in [-0.39, 0.29) is 23.3 Å². The number of carbonyl (C=O) groups is 1. The van der Waals surface area contributed by atoms with Crippen LogP contribution in [-0.4, -0.2) is 40.6 Å². The first-order valence-corrected chi connectivity index (χ1v) is 12.3. The molecule has 1 amide bonds. The van der Waals surface area contributed by atoms with Gasteiger partial charge in [0.15, 0.2) is 0 Å². The third-order valence-corrected chi connectivity index (χ3v) is 7.39. The van der Waals surface area contributed by atoms with Gasteiger partial charge in [0.05, 0.1) is 5.41 Å². The summed E-state index contributed by atoms with van der Waals surface area (Å²) in [7, 11) is 0. The first-order chi connectivity index (χ1) is 16.2. The molecule has 4 rings (SSSR count). The topological polar surface area (TPSA) is 75.8 Å². The molecule has 0 unspecified atom stereocenters. The van der Waals surface area contributed by atoms with Crippen molar-refractivity contribution in [1.82, 2.24) is 4.90 Å². The number of halogens is 1. The van der Waals surface area contributed by atoms with Crippen LogP contribution in [0.3, 0.4) is 0 Å². The zero-order chi connectivity index (χ0) is 24.3. The summed E-state index contributed by atoms with van der Waals surface area (Å²) in [5.41, 5.74) is 6.92. The first kappa shape index (κ1) is 24.3. The fourth-order valence-corrected chi connectivity index (χ4v) is 5.24. The van der Waals surface area contributed by atoms with Gasteiger partial charge in [0.1, 0.15) is 17.6 Å². The molecule has 1 saturated heterocycles. The number of ether oxygens (including phenoxy) is 1. The average Bonchev–Trinajstić information content (AvgIpc) is 2.77. The molecule has 1 fully saturated rings. The summed E-state index contributed by atoms with van der Waals surface area (Å²) in [5.74, 6) is 0.487. The molecule has 1 heterocycles. The molecule has 0 aromatic heterocycles. The number of amides is 1. The summed E-state index contributed by atoms with van der Waals surface area (Å²) in [6, 6.07) is 24.8. The molecular weight excluding hydrogens is 492 g/mol. The number of benzene rings is 3. The zero-order valence-electron chi connectivity index (χ0n) is 19.6. The molecule has 1 aliphatic rings. The standard InChI is InChI=1S/C28H31BrN2O3/c1-27(2,31-18-25(19-31)34-24-16-22(29)15-23(32)17-24)13-14-28(26(30)33,20-9-5-3-6-10-20)21-11-7-4-8-12-21/h3-12,15-17,25,32H,13-14,18-19H2,1-2H3,(H2,30,33). The molecule has 6 heteroatoms. The fourth-order valence-electron chi connectivity index (χ4n) is 4.78. The Hall–Kier alpha value is -2.83. The lowest BCUT2D eigenvalue weighted by molar-refractivity contribution is -0.122. The number of phenols is 1. The van der Waals surface area contributed by atoms with Crippen molar-refractivity contribution in [3.63, 3.8) is 0 Å². The van der Waals surface area contributed by atoms with Gasteiger partial charge in [0.2, 0.25) is 5.91 Å². The number of aromatic hydroxyl groups is 1. The van der Waals surface area contributed by atoms with Gasteiger partial charge in [-0.05, 0) is 49.9 Å². The van der Waals surface area contributed by atoms with Gasteiger partial charge in [-0.3, -0.25) is 9.69 Å². The Morgan fingerprint density at radius 1 is 1.00 bits per heavy atom. The van der Waals surface area contributed by atoms with E-state index in [1.54, 1.807) is 12.1 Å². The highest BCUT2D eigenvalue weighted by Gasteiger charge is 2.44. The molecule has 3 N–H and O–H groups in total. The summed E-state index contributed by atoms with van der Waals surface area (Å²) >= 11 is 3.39. The largest absolute Gasteiger partial charge is 0.508 e. The number of phenolic OH excluding ortho intramolecular Hbond substituents is 1. The van der Waals surface area contributed by atoms with E-state index in [0.717, 1.165) is 35.1 Å². The molecular formula is C28H31BrN2O3. The molecule has 0 spiro atoms. The monoisotopic (exact) mass is 522 g/mol. The predicted octanol–water partition coefficient (Wildman–Crippen LogP) is 5.25. The fraction of sp³-hybridized carbons (Fsp3) is 0.321. The Bertz CT molecular complexity index is 1070. The quantitative estimate of drug-likeness (QED) is 0.402. The SMILES string of the molecule is CC(C)(CCC(C(N)=O)(c1ccccc1)c1ccccc1)N1CC(Oc2cc(O)cc(Br)c2)C1. The number of nitrogens with zero attached hydrogens (tertiary/aromatic N) is 1. The molecule has 178 valence electrons. The summed E-state index contributed by atoms with van der Waals surface area (Å²) in [6.07, 6.45) is 1.44. The lowest BCUT2D eigenvalue weighted by atomic mass is 9.69. The maximum Gasteiger partial charge on any atom is 0.232 e. The molecule has 1 aliphatic heterocycles. The summed E-state index contributed by atoms with van der Waals surface area (Å²) < 4.78 is 6.84. The van der Waals surface area contributed by atoms with Gasteiger partial charge < -0.3 is 15.6 Å². The van der Waals surface area contributed by atoms with Crippen LogP contribution in [0.1, 0.15) is 37.8 Å². The maximum atomic E-state index is 13.1. The van der Waals surface area contributed by atoms with Crippen molar-refractivity contribution >= 4 is 21.8 Å². The third-order valence-electron chi connectivity index (χ3n) is 6.93. The van der Waals surface area contributed by atoms with Crippen LogP contribution in [-0.2, 0) is 10.2 Å². The van der Waals surface area contributed by atoms with Crippen molar-refractivity contribution in [2.24, 2.45) is 5.73 Å². The van der Waals surface area contributed by atoms with Gasteiger partial charge in [-0.2, -0.15) is 0 Å². The van der Waals surface area contributed by atoms with E-state index in [0.29, 0.717) is 12.2 Å². The van der Waals surface area contributed by atoms with Gasteiger partial charge >= 0.3 is 0 Å². The Morgan fingerprint density at radius 2 is 1.56 bits per heavy atom. The highest BCUT2D eigenvalue weighted by Crippen LogP contribution is 2.40. The van der Waals surface area contributed by atoms with Crippen LogP contribution >= 0.6 is 15.9 Å². The average molecular weight is 523 g/mol. The van der Waals surface area contributed by atoms with E-state index < -0.39 is 5.41 Å². The lowest BCUT2D eigenvalue weighted by Crippen LogP contribution is -2.62. The molecule has 0 aliphatic carbocycles. The van der Waals surface area contributed by atoms with Crippen LogP contribution < -0.4 is 10.5 Å². The summed E-state index contributed by atoms with van der Waals surface area (Å²) in [5, 5.41) is 9.80. The van der Waals surface area contributed by atoms with E-state index in [1.807, 2.05) is 66.7 Å². The van der Waals surface area contributed by atoms with Crippen molar-refractivity contribution in [1.29, 1.82) is 0 Å². The van der Waals surface area contributed by atoms with Gasteiger partial charge in [-0.15, -0.1) is 0 Å². The van der Waals surface area contributed by atoms with E-state index in [1.165, 1.54) is 0 Å². The number of hydrogen-bond acceptors (Lipinski definition) is 4. The van der Waals surface area contributed by atoms with Gasteiger partial charge in [0, 0.05) is 29.2 Å². The normalized spacial score (nSPS) is 15.0. The maximum absolute atomic E-state index is 13.1. The van der Waals surface area contributed by atoms with Crippen molar-refractivity contribution < 1.29 is 14.6 Å². The van der Waals surface area contributed by atoms with Gasteiger partial charge in [-0.1, -0.05) is 76.6 Å². The minimum atomic E-state index is -0.894. The van der Waals surface area contributed by atoms with Crippen molar-refractivity contribution in [2.75, 3.05) is 13.1 Å². The van der Waals surface area contributed by atoms with Crippen LogP contribution in [0.25, 0.3) is 0 Å². The molecule has 0 atom stereocenters. The minimum Gasteiger partial charge on any atom is -0.508 e. The molecule has 0 radical (unpaired) electrons. The molecule has 3 aromatic rings. The number of hydrogen-bond donors (Lipinski definition) is 2.